The molecule has 1 aromatic heterocycles. The maximum Gasteiger partial charge on any atom is 1.00 e. The van der Waals surface area contributed by atoms with Gasteiger partial charge in [-0.05, 0) is 23.8 Å². The number of aliphatic carboxylic acids is 1. The molecule has 1 saturated heterocycles. The summed E-state index contributed by atoms with van der Waals surface area (Å²) in [6, 6.07) is 1.08. The summed E-state index contributed by atoms with van der Waals surface area (Å²) in [6.45, 7) is 1.03. The summed E-state index contributed by atoms with van der Waals surface area (Å²) >= 11 is 1.16. The van der Waals surface area contributed by atoms with Crippen molar-refractivity contribution in [3.05, 3.63) is 47.8 Å². The predicted molar refractivity (Wildman–Crippen MR) is 132 cm³/mol. The number of fused-ring (bicyclic) bond motifs is 1. The van der Waals surface area contributed by atoms with Crippen molar-refractivity contribution in [2.75, 3.05) is 10.7 Å². The maximum atomic E-state index is 13.8. The monoisotopic (exact) mass is 596 g/mol. The van der Waals surface area contributed by atoms with E-state index in [2.05, 4.69) is 15.3 Å². The van der Waals surface area contributed by atoms with E-state index in [4.69, 9.17) is 10.5 Å². The van der Waals surface area contributed by atoms with Gasteiger partial charge >= 0.3 is 47.6 Å². The Morgan fingerprint density at radius 1 is 1.22 bits per heavy atom. The molecule has 0 spiro atoms. The third kappa shape index (κ3) is 6.32. The topological polar surface area (TPSA) is 249 Å². The molecule has 3 unspecified atom stereocenters. The number of carbonyl (C=O) groups excluding carboxylic acids is 5. The number of anilines is 1. The minimum atomic E-state index is -1.72. The second kappa shape index (κ2) is 12.6. The molecule has 210 valence electrons. The zero-order chi connectivity index (χ0) is 29.3. The number of carboxylic acids is 1. The Bertz CT molecular complexity index is 1420. The Morgan fingerprint density at radius 2 is 1.88 bits per heavy atom. The Balaban J connectivity index is 0.00000462. The number of carboxylic acid groups (broad SMARTS) is 1. The first-order valence-electron chi connectivity index (χ1n) is 11.4. The third-order valence-electron chi connectivity index (χ3n) is 5.95. The molecule has 4 atom stereocenters. The van der Waals surface area contributed by atoms with Crippen LogP contribution < -0.4 is 50.6 Å². The van der Waals surface area contributed by atoms with Crippen molar-refractivity contribution in [1.29, 1.82) is 0 Å². The number of amides is 4. The number of primary amides is 1. The molecule has 41 heavy (non-hydrogen) atoms. The van der Waals surface area contributed by atoms with Gasteiger partial charge in [-0.25, -0.2) is 9.78 Å². The van der Waals surface area contributed by atoms with Gasteiger partial charge in [-0.2, -0.15) is 4.98 Å². The molecule has 4 amide bonds. The van der Waals surface area contributed by atoms with E-state index in [-0.39, 0.29) is 52.3 Å². The number of aromatic hydroxyl groups is 3. The van der Waals surface area contributed by atoms with Gasteiger partial charge in [0.1, 0.15) is 28.8 Å². The zero-order valence-electron chi connectivity index (χ0n) is 21.5. The summed E-state index contributed by atoms with van der Waals surface area (Å²) in [7, 11) is 0. The van der Waals surface area contributed by atoms with Gasteiger partial charge in [-0.3, -0.25) is 24.2 Å². The van der Waals surface area contributed by atoms with Crippen LogP contribution in [0.2, 0.25) is 0 Å². The number of esters is 1. The van der Waals surface area contributed by atoms with Gasteiger partial charge in [0.25, 0.3) is 5.91 Å². The van der Waals surface area contributed by atoms with Gasteiger partial charge in [-0.15, -0.1) is 11.8 Å². The van der Waals surface area contributed by atoms with Crippen molar-refractivity contribution in [1.82, 2.24) is 20.2 Å². The molecule has 4 rings (SSSR count). The van der Waals surface area contributed by atoms with Crippen LogP contribution in [0.4, 0.5) is 10.5 Å². The number of β-lactam (4-membered cyclic amide) rings is 1. The van der Waals surface area contributed by atoms with Crippen LogP contribution >= 0.6 is 11.8 Å². The van der Waals surface area contributed by atoms with E-state index in [9.17, 15) is 44.4 Å². The summed E-state index contributed by atoms with van der Waals surface area (Å²) in [4.78, 5) is 71.1. The zero-order valence-corrected chi connectivity index (χ0v) is 24.3. The number of thioether (sulfide) groups is 1. The number of phenolic OH excluding ortho intramolecular Hbond substituents is 1. The normalized spacial score (nSPS) is 18.8. The van der Waals surface area contributed by atoms with Crippen molar-refractivity contribution in [3.8, 4) is 17.6 Å². The molecule has 1 aromatic carbocycles. The number of aromatic nitrogens is 2. The van der Waals surface area contributed by atoms with E-state index in [0.717, 1.165) is 29.8 Å². The summed E-state index contributed by atoms with van der Waals surface area (Å²) in [5.74, 6) is -6.41. The van der Waals surface area contributed by atoms with E-state index in [0.29, 0.717) is 4.90 Å². The number of carbonyl (C=O) groups is 5. The second-order valence-corrected chi connectivity index (χ2v) is 9.60. The number of benzene rings is 1. The van der Waals surface area contributed by atoms with Crippen molar-refractivity contribution < 1.29 is 78.7 Å². The molecule has 0 saturated carbocycles. The fourth-order valence-corrected chi connectivity index (χ4v) is 5.57. The SMILES string of the molecule is CC(=O)OC(NC(=O)C(c1ccc(O)cc1)N(C(N)=O)c1cnc(O)nc1O)C1C(=O)N2C(C(=O)[O-])=CCS[C@@H]12.[Na+]. The van der Waals surface area contributed by atoms with Crippen molar-refractivity contribution in [3.63, 3.8) is 0 Å². The fraction of sp³-hybridized carbons (Fsp3) is 0.261. The number of hydrogen-bond acceptors (Lipinski definition) is 13. The molecule has 0 radical (unpaired) electrons. The molecule has 2 aliphatic rings. The number of urea groups is 1. The molecule has 18 heteroatoms. The Morgan fingerprint density at radius 3 is 2.44 bits per heavy atom. The van der Waals surface area contributed by atoms with Gasteiger partial charge in [0.15, 0.2) is 6.23 Å². The number of phenols is 1. The molecule has 6 N–H and O–H groups in total. The van der Waals surface area contributed by atoms with Crippen LogP contribution in [-0.4, -0.2) is 77.3 Å². The maximum absolute atomic E-state index is 13.8. The van der Waals surface area contributed by atoms with Crippen molar-refractivity contribution in [2.45, 2.75) is 24.6 Å². The molecular formula is C23H21N6NaO10S. The minimum Gasteiger partial charge on any atom is -0.543 e. The van der Waals surface area contributed by atoms with E-state index >= 15 is 0 Å². The number of nitrogens with zero attached hydrogens (tertiary/aromatic N) is 4. The largest absolute Gasteiger partial charge is 1.00 e. The van der Waals surface area contributed by atoms with Crippen LogP contribution in [0.5, 0.6) is 17.6 Å². The molecule has 16 nitrogen and oxygen atoms in total. The Labute approximate surface area is 257 Å². The first kappa shape index (κ1) is 31.5. The van der Waals surface area contributed by atoms with Crippen LogP contribution in [0.25, 0.3) is 0 Å². The fourth-order valence-electron chi connectivity index (χ4n) is 4.28. The van der Waals surface area contributed by atoms with Crippen LogP contribution in [0, 0.1) is 5.92 Å². The molecule has 0 aliphatic carbocycles. The number of ether oxygens (including phenoxy) is 1. The standard InChI is InChI=1S/C23H22N6O10S.Na/c1-9(30)39-18(14-19(34)29-12(21(35)36)6-7-40-20(14)29)26-17(33)15(10-2-4-11(31)5-3-10)28(22(24)37)13-8-25-23(38)27-16(13)32;/h2-6,8,14-15,18,20,31H,7H2,1H3,(H2,24,37)(H,26,33)(H,35,36)(H2,25,27,32,38);/q;+1/p-1/t14?,15?,18?,20-;/m0./s1. The Kier molecular flexibility index (Phi) is 9.69. The number of hydrogen-bond donors (Lipinski definition) is 5. The van der Waals surface area contributed by atoms with Gasteiger partial charge in [0.05, 0.1) is 17.9 Å². The average Bonchev–Trinajstić information content (AvgIpc) is 2.87. The van der Waals surface area contributed by atoms with E-state index in [1.54, 1.807) is 0 Å². The molecular weight excluding hydrogens is 575 g/mol. The van der Waals surface area contributed by atoms with Crippen LogP contribution in [0.15, 0.2) is 42.2 Å². The molecule has 1 fully saturated rings. The summed E-state index contributed by atoms with van der Waals surface area (Å²) in [6.07, 6.45) is 0.500. The first-order valence-corrected chi connectivity index (χ1v) is 12.4. The third-order valence-corrected chi connectivity index (χ3v) is 7.15. The number of rotatable bonds is 8. The van der Waals surface area contributed by atoms with Crippen molar-refractivity contribution in [2.24, 2.45) is 11.7 Å². The van der Waals surface area contributed by atoms with E-state index in [1.807, 2.05) is 0 Å². The minimum absolute atomic E-state index is 0. The number of nitrogens with one attached hydrogen (secondary N) is 1. The predicted octanol–water partition coefficient (Wildman–Crippen LogP) is -4.61. The Hall–Kier alpha value is -4.06. The quantitative estimate of drug-likeness (QED) is 0.0834. The number of nitrogens with two attached hydrogens (primary N) is 1. The van der Waals surface area contributed by atoms with Crippen LogP contribution in [-0.2, 0) is 23.9 Å². The van der Waals surface area contributed by atoms with E-state index in [1.165, 1.54) is 30.3 Å². The molecule has 0 bridgehead atoms. The van der Waals surface area contributed by atoms with Gasteiger partial charge in [-0.1, -0.05) is 12.1 Å². The van der Waals surface area contributed by atoms with Crippen molar-refractivity contribution >= 4 is 47.2 Å². The van der Waals surface area contributed by atoms with E-state index < -0.39 is 70.9 Å². The molecule has 2 aliphatic heterocycles. The summed E-state index contributed by atoms with van der Waals surface area (Å²) < 4.78 is 5.23. The van der Waals surface area contributed by atoms with Gasteiger partial charge < -0.3 is 41.0 Å². The van der Waals surface area contributed by atoms with Gasteiger partial charge in [0.2, 0.25) is 11.8 Å². The summed E-state index contributed by atoms with van der Waals surface area (Å²) in [5, 5.41) is 42.5. The average molecular weight is 597 g/mol. The smallest absolute Gasteiger partial charge is 0.543 e. The first-order chi connectivity index (χ1) is 18.9. The summed E-state index contributed by atoms with van der Waals surface area (Å²) in [5.41, 5.74) is 4.75. The molecule has 3 heterocycles. The van der Waals surface area contributed by atoms with Gasteiger partial charge in [0, 0.05) is 12.7 Å². The molecule has 2 aromatic rings. The van der Waals surface area contributed by atoms with Crippen LogP contribution in [0.1, 0.15) is 18.5 Å². The second-order valence-electron chi connectivity index (χ2n) is 8.45. The van der Waals surface area contributed by atoms with Crippen LogP contribution in [0.3, 0.4) is 0 Å².